The fraction of sp³-hybridized carbons (Fsp3) is 0.469. The molecule has 2 N–H and O–H groups in total. The Morgan fingerprint density at radius 2 is 1.74 bits per heavy atom. The van der Waals surface area contributed by atoms with Gasteiger partial charge in [-0.15, -0.1) is 6.42 Å². The summed E-state index contributed by atoms with van der Waals surface area (Å²) in [5.41, 5.74) is 1.61. The lowest BCUT2D eigenvalue weighted by molar-refractivity contribution is -0.143. The monoisotopic (exact) mass is 594 g/mol. The number of amides is 3. The van der Waals surface area contributed by atoms with Crippen molar-refractivity contribution in [3.05, 3.63) is 71.5 Å². The van der Waals surface area contributed by atoms with Gasteiger partial charge in [-0.25, -0.2) is 9.18 Å². The fourth-order valence-electron chi connectivity index (χ4n) is 5.47. The number of hydrogen-bond acceptors (Lipinski definition) is 7. The Kier molecular flexibility index (Phi) is 11.1. The molecule has 2 aliphatic rings. The molecule has 2 saturated heterocycles. The molecule has 6 unspecified atom stereocenters. The molecule has 3 amide bonds. The predicted molar refractivity (Wildman–Crippen MR) is 157 cm³/mol. The van der Waals surface area contributed by atoms with Crippen molar-refractivity contribution in [1.82, 2.24) is 20.4 Å². The highest BCUT2D eigenvalue weighted by atomic mass is 19.1. The first-order valence-corrected chi connectivity index (χ1v) is 14.4. The summed E-state index contributed by atoms with van der Waals surface area (Å²) in [6.07, 6.45) is 4.10. The van der Waals surface area contributed by atoms with Crippen LogP contribution in [-0.4, -0.2) is 90.8 Å². The van der Waals surface area contributed by atoms with E-state index in [1.54, 1.807) is 42.8 Å². The third-order valence-corrected chi connectivity index (χ3v) is 7.97. The molecule has 2 heterocycles. The molecule has 0 bridgehead atoms. The predicted octanol–water partition coefficient (Wildman–Crippen LogP) is 2.46. The van der Waals surface area contributed by atoms with Crippen molar-refractivity contribution in [2.75, 3.05) is 26.7 Å². The number of carbonyl (C=O) groups is 3. The molecule has 4 rings (SSSR count). The maximum atomic E-state index is 14.1. The number of nitrogens with one attached hydrogen (secondary N) is 2. The molecule has 6 atom stereocenters. The molecule has 2 aromatic rings. The van der Waals surface area contributed by atoms with Gasteiger partial charge in [0.1, 0.15) is 25.1 Å². The van der Waals surface area contributed by atoms with Crippen LogP contribution in [0.1, 0.15) is 31.4 Å². The van der Waals surface area contributed by atoms with Gasteiger partial charge >= 0.3 is 6.09 Å². The van der Waals surface area contributed by atoms with E-state index in [0.29, 0.717) is 13.0 Å². The lowest BCUT2D eigenvalue weighted by atomic mass is 10.1. The second kappa shape index (κ2) is 15.0. The maximum Gasteiger partial charge on any atom is 0.410 e. The summed E-state index contributed by atoms with van der Waals surface area (Å²) >= 11 is 0. The van der Waals surface area contributed by atoms with Crippen LogP contribution in [0.25, 0.3) is 0 Å². The highest BCUT2D eigenvalue weighted by Crippen LogP contribution is 2.35. The van der Waals surface area contributed by atoms with Crippen molar-refractivity contribution < 1.29 is 33.0 Å². The zero-order chi connectivity index (χ0) is 30.9. The minimum atomic E-state index is -1.02. The van der Waals surface area contributed by atoms with E-state index in [2.05, 4.69) is 16.6 Å². The van der Waals surface area contributed by atoms with Crippen molar-refractivity contribution >= 4 is 17.9 Å². The molecular weight excluding hydrogens is 555 g/mol. The molecule has 2 aromatic carbocycles. The Morgan fingerprint density at radius 1 is 1.05 bits per heavy atom. The van der Waals surface area contributed by atoms with Gasteiger partial charge in [0.25, 0.3) is 0 Å². The van der Waals surface area contributed by atoms with Crippen molar-refractivity contribution in [3.8, 4) is 12.3 Å². The van der Waals surface area contributed by atoms with E-state index in [0.717, 1.165) is 11.1 Å². The number of nitrogens with zero attached hydrogens (tertiary/aromatic N) is 2. The van der Waals surface area contributed by atoms with Gasteiger partial charge in [-0.3, -0.25) is 9.59 Å². The number of rotatable bonds is 12. The molecule has 0 radical (unpaired) electrons. The third kappa shape index (κ3) is 7.90. The van der Waals surface area contributed by atoms with Gasteiger partial charge in [0.2, 0.25) is 11.8 Å². The van der Waals surface area contributed by atoms with Gasteiger partial charge in [0, 0.05) is 6.54 Å². The Hall–Kier alpha value is -3.98. The van der Waals surface area contributed by atoms with Crippen molar-refractivity contribution in [2.24, 2.45) is 0 Å². The Labute approximate surface area is 251 Å². The lowest BCUT2D eigenvalue weighted by Crippen LogP contribution is -2.59. The highest BCUT2D eigenvalue weighted by molar-refractivity contribution is 5.90. The third-order valence-electron chi connectivity index (χ3n) is 7.97. The molecule has 2 fully saturated rings. The number of hydrogen-bond donors (Lipinski definition) is 2. The second-order valence-corrected chi connectivity index (χ2v) is 10.8. The normalized spacial score (nSPS) is 21.4. The summed E-state index contributed by atoms with van der Waals surface area (Å²) in [6, 6.07) is 12.9. The lowest BCUT2D eigenvalue weighted by Gasteiger charge is -2.34. The Bertz CT molecular complexity index is 1290. The molecule has 0 saturated carbocycles. The number of likely N-dealkylation sites (N-methyl/N-ethyl adjacent to an activating group) is 1. The number of carbonyl (C=O) groups excluding carboxylic acids is 3. The topological polar surface area (TPSA) is 109 Å². The van der Waals surface area contributed by atoms with Gasteiger partial charge < -0.3 is 34.6 Å². The first-order valence-electron chi connectivity index (χ1n) is 14.4. The highest BCUT2D eigenvalue weighted by Gasteiger charge is 2.54. The van der Waals surface area contributed by atoms with Crippen LogP contribution in [0, 0.1) is 18.2 Å². The van der Waals surface area contributed by atoms with Gasteiger partial charge in [-0.05, 0) is 50.6 Å². The zero-order valence-electron chi connectivity index (χ0n) is 24.7. The number of fused-ring (bicyclic) bond motifs is 1. The number of likely N-dealkylation sites (tertiary alicyclic amines) is 2. The molecular formula is C32H39FN4O6. The average Bonchev–Trinajstić information content (AvgIpc) is 3.62. The van der Waals surface area contributed by atoms with E-state index in [1.807, 2.05) is 30.3 Å². The summed E-state index contributed by atoms with van der Waals surface area (Å²) in [5.74, 6) is 1.32. The van der Waals surface area contributed by atoms with Gasteiger partial charge in [0.15, 0.2) is 0 Å². The first-order chi connectivity index (χ1) is 20.7. The summed E-state index contributed by atoms with van der Waals surface area (Å²) < 4.78 is 31.1. The van der Waals surface area contributed by atoms with Crippen LogP contribution in [-0.2, 0) is 37.0 Å². The fourth-order valence-corrected chi connectivity index (χ4v) is 5.47. The SMILES string of the molecule is C#CCOC(C)C(NC(=O)C(C)NC)C(=O)N1CCC2C1C(OCc1ccc(F)cc1)CN2C(=O)OCc1ccccc1. The van der Waals surface area contributed by atoms with Crippen LogP contribution < -0.4 is 10.6 Å². The molecule has 0 aliphatic carbocycles. The van der Waals surface area contributed by atoms with Crippen molar-refractivity contribution in [2.45, 2.75) is 69.9 Å². The first kappa shape index (κ1) is 31.9. The summed E-state index contributed by atoms with van der Waals surface area (Å²) in [5, 5.41) is 5.69. The largest absolute Gasteiger partial charge is 0.445 e. The summed E-state index contributed by atoms with van der Waals surface area (Å²) in [6.45, 7) is 4.14. The summed E-state index contributed by atoms with van der Waals surface area (Å²) in [7, 11) is 1.65. The Morgan fingerprint density at radius 3 is 2.42 bits per heavy atom. The number of ether oxygens (including phenoxy) is 3. The molecule has 0 aromatic heterocycles. The summed E-state index contributed by atoms with van der Waals surface area (Å²) in [4.78, 5) is 43.5. The number of terminal acetylenes is 1. The van der Waals surface area contributed by atoms with Crippen LogP contribution in [0.15, 0.2) is 54.6 Å². The smallest absolute Gasteiger partial charge is 0.410 e. The Balaban J connectivity index is 1.55. The van der Waals surface area contributed by atoms with Crippen LogP contribution in [0.3, 0.4) is 0 Å². The van der Waals surface area contributed by atoms with E-state index in [-0.39, 0.29) is 50.0 Å². The van der Waals surface area contributed by atoms with Gasteiger partial charge in [0.05, 0.1) is 43.5 Å². The van der Waals surface area contributed by atoms with Gasteiger partial charge in [-0.2, -0.15) is 0 Å². The van der Waals surface area contributed by atoms with E-state index in [1.165, 1.54) is 12.1 Å². The van der Waals surface area contributed by atoms with E-state index >= 15 is 0 Å². The second-order valence-electron chi connectivity index (χ2n) is 10.8. The van der Waals surface area contributed by atoms with Crippen LogP contribution >= 0.6 is 0 Å². The van der Waals surface area contributed by atoms with Crippen LogP contribution in [0.2, 0.25) is 0 Å². The molecule has 230 valence electrons. The molecule has 10 nitrogen and oxygen atoms in total. The molecule has 0 spiro atoms. The zero-order valence-corrected chi connectivity index (χ0v) is 24.7. The van der Waals surface area contributed by atoms with Gasteiger partial charge in [-0.1, -0.05) is 48.4 Å². The standard InChI is InChI=1S/C32H39FN4O6/c1-5-17-41-22(3)28(35-30(38)21(2)34-4)31(39)36-16-15-26-29(36)27(42-19-24-11-13-25(33)14-12-24)18-37(26)32(40)43-20-23-9-7-6-8-10-23/h1,6-14,21-22,26-29,34H,15-20H2,2-4H3,(H,35,38). The quantitative estimate of drug-likeness (QED) is 0.364. The maximum absolute atomic E-state index is 14.1. The van der Waals surface area contributed by atoms with Crippen LogP contribution in [0.5, 0.6) is 0 Å². The van der Waals surface area contributed by atoms with E-state index in [9.17, 15) is 18.8 Å². The van der Waals surface area contributed by atoms with E-state index in [4.69, 9.17) is 20.6 Å². The number of halogens is 1. The van der Waals surface area contributed by atoms with Crippen LogP contribution in [0.4, 0.5) is 9.18 Å². The average molecular weight is 595 g/mol. The minimum Gasteiger partial charge on any atom is -0.445 e. The molecule has 11 heteroatoms. The van der Waals surface area contributed by atoms with Crippen molar-refractivity contribution in [3.63, 3.8) is 0 Å². The minimum absolute atomic E-state index is 0.0289. The van der Waals surface area contributed by atoms with Crippen molar-refractivity contribution in [1.29, 1.82) is 0 Å². The number of benzene rings is 2. The molecule has 43 heavy (non-hydrogen) atoms. The van der Waals surface area contributed by atoms with E-state index < -0.39 is 36.4 Å². The molecule has 2 aliphatic heterocycles.